The number of nitrogens with two attached hydrogens (primary N) is 1. The maximum Gasteiger partial charge on any atom is 0.114 e. The van der Waals surface area contributed by atoms with Gasteiger partial charge in [0.2, 0.25) is 0 Å². The Bertz CT molecular complexity index is 1310. The molecular formula is C24H26N8O. The molecule has 0 aliphatic rings. The summed E-state index contributed by atoms with van der Waals surface area (Å²) in [4.78, 5) is 9.27. The minimum Gasteiger partial charge on any atom is -0.404 e. The van der Waals surface area contributed by atoms with Crippen LogP contribution in [0.4, 0.5) is 0 Å². The van der Waals surface area contributed by atoms with Crippen LogP contribution in [-0.4, -0.2) is 51.4 Å². The van der Waals surface area contributed by atoms with Gasteiger partial charge in [-0.3, -0.25) is 15.1 Å². The topological polar surface area (TPSA) is 128 Å². The average Bonchev–Trinajstić information content (AvgIpc) is 3.32. The molecule has 168 valence electrons. The Hall–Kier alpha value is -3.95. The van der Waals surface area contributed by atoms with Crippen molar-refractivity contribution in [2.75, 3.05) is 20.7 Å². The number of nitrogens with one attached hydrogen (secondary N) is 2. The molecule has 4 aromatic rings. The predicted octanol–water partition coefficient (Wildman–Crippen LogP) is 2.62. The normalized spacial score (nSPS) is 11.8. The summed E-state index contributed by atoms with van der Waals surface area (Å²) in [5.41, 5.74) is 12.1. The lowest BCUT2D eigenvalue weighted by molar-refractivity contribution is 0.185. The zero-order valence-corrected chi connectivity index (χ0v) is 18.6. The Balaban J connectivity index is 1.65. The van der Waals surface area contributed by atoms with Crippen LogP contribution in [-0.2, 0) is 17.9 Å². The molecule has 0 bridgehead atoms. The molecule has 3 aromatic heterocycles. The standard InChI is InChI=1S/C24H26N8O/c1-27-8-9-32-14-23(30-31-32)18-11-22-21(28-13-18)7-6-20(29-22)19(12-25)24(26)17-5-3-4-16(10-17)15-33-2/h3-7,10-14,26-27H,8-9,15,25H2,1-2H3/b19-12-,26-24?. The highest BCUT2D eigenvalue weighted by Crippen LogP contribution is 2.24. The van der Waals surface area contributed by atoms with Gasteiger partial charge in [-0.15, -0.1) is 5.10 Å². The molecule has 0 fully saturated rings. The summed E-state index contributed by atoms with van der Waals surface area (Å²) < 4.78 is 6.99. The van der Waals surface area contributed by atoms with E-state index in [0.717, 1.165) is 41.0 Å². The maximum atomic E-state index is 8.73. The van der Waals surface area contributed by atoms with E-state index in [4.69, 9.17) is 20.9 Å². The molecule has 0 saturated heterocycles. The molecule has 4 rings (SSSR count). The number of ether oxygens (including phenoxy) is 1. The number of pyridine rings is 2. The van der Waals surface area contributed by atoms with E-state index in [1.165, 1.54) is 6.20 Å². The van der Waals surface area contributed by atoms with Crippen molar-refractivity contribution in [1.82, 2.24) is 30.3 Å². The van der Waals surface area contributed by atoms with E-state index in [1.807, 2.05) is 55.7 Å². The van der Waals surface area contributed by atoms with Crippen LogP contribution < -0.4 is 11.1 Å². The second kappa shape index (κ2) is 10.1. The van der Waals surface area contributed by atoms with Crippen LogP contribution >= 0.6 is 0 Å². The number of rotatable bonds is 9. The van der Waals surface area contributed by atoms with Crippen LogP contribution in [0.3, 0.4) is 0 Å². The molecule has 33 heavy (non-hydrogen) atoms. The van der Waals surface area contributed by atoms with Crippen molar-refractivity contribution >= 4 is 22.3 Å². The number of nitrogens with zero attached hydrogens (tertiary/aromatic N) is 5. The molecular weight excluding hydrogens is 416 g/mol. The van der Waals surface area contributed by atoms with Crippen LogP contribution in [0, 0.1) is 5.41 Å². The summed E-state index contributed by atoms with van der Waals surface area (Å²) in [6.45, 7) is 2.01. The third-order valence-electron chi connectivity index (χ3n) is 5.20. The number of methoxy groups -OCH3 is 1. The van der Waals surface area contributed by atoms with E-state index in [0.29, 0.717) is 29.1 Å². The van der Waals surface area contributed by atoms with Crippen LogP contribution in [0.1, 0.15) is 16.8 Å². The summed E-state index contributed by atoms with van der Waals surface area (Å²) in [5, 5.41) is 20.2. The van der Waals surface area contributed by atoms with Gasteiger partial charge in [0.05, 0.1) is 41.8 Å². The highest BCUT2D eigenvalue weighted by molar-refractivity contribution is 6.30. The summed E-state index contributed by atoms with van der Waals surface area (Å²) in [5.74, 6) is 0. The van der Waals surface area contributed by atoms with Crippen LogP contribution in [0.25, 0.3) is 27.9 Å². The SMILES string of the molecule is CNCCn1cc(-c2cnc3ccc(/C(=C/N)C(=N)c4cccc(COC)c4)nc3c2)nn1. The lowest BCUT2D eigenvalue weighted by Gasteiger charge is -2.11. The Kier molecular flexibility index (Phi) is 6.82. The molecule has 3 heterocycles. The lowest BCUT2D eigenvalue weighted by Crippen LogP contribution is -2.15. The molecule has 0 saturated carbocycles. The summed E-state index contributed by atoms with van der Waals surface area (Å²) in [6, 6.07) is 13.3. The first-order valence-corrected chi connectivity index (χ1v) is 10.5. The van der Waals surface area contributed by atoms with Gasteiger partial charge in [0.25, 0.3) is 0 Å². The van der Waals surface area contributed by atoms with Gasteiger partial charge in [-0.1, -0.05) is 23.4 Å². The second-order valence-corrected chi connectivity index (χ2v) is 7.52. The van der Waals surface area contributed by atoms with Crippen LogP contribution in [0.5, 0.6) is 0 Å². The van der Waals surface area contributed by atoms with E-state index < -0.39 is 0 Å². The van der Waals surface area contributed by atoms with Gasteiger partial charge >= 0.3 is 0 Å². The Morgan fingerprint density at radius 2 is 2.09 bits per heavy atom. The molecule has 0 radical (unpaired) electrons. The van der Waals surface area contributed by atoms with Crippen LogP contribution in [0.2, 0.25) is 0 Å². The van der Waals surface area contributed by atoms with E-state index in [9.17, 15) is 0 Å². The Labute approximate surface area is 191 Å². The first kappa shape index (κ1) is 22.3. The van der Waals surface area contributed by atoms with Gasteiger partial charge in [0.15, 0.2) is 0 Å². The molecule has 0 amide bonds. The zero-order valence-electron chi connectivity index (χ0n) is 18.6. The quantitative estimate of drug-likeness (QED) is 0.340. The fourth-order valence-corrected chi connectivity index (χ4v) is 3.50. The van der Waals surface area contributed by atoms with Gasteiger partial charge in [-0.2, -0.15) is 0 Å². The second-order valence-electron chi connectivity index (χ2n) is 7.52. The molecule has 9 nitrogen and oxygen atoms in total. The molecule has 0 atom stereocenters. The van der Waals surface area contributed by atoms with Crippen molar-refractivity contribution in [3.05, 3.63) is 77.9 Å². The fourth-order valence-electron chi connectivity index (χ4n) is 3.50. The molecule has 0 aliphatic heterocycles. The molecule has 0 spiro atoms. The van der Waals surface area contributed by atoms with Crippen molar-refractivity contribution < 1.29 is 4.74 Å². The van der Waals surface area contributed by atoms with Crippen LogP contribution in [0.15, 0.2) is 61.1 Å². The maximum absolute atomic E-state index is 8.73. The highest BCUT2D eigenvalue weighted by atomic mass is 16.5. The van der Waals surface area contributed by atoms with E-state index in [1.54, 1.807) is 18.0 Å². The zero-order chi connectivity index (χ0) is 23.2. The minimum absolute atomic E-state index is 0.291. The van der Waals surface area contributed by atoms with Gasteiger partial charge < -0.3 is 15.8 Å². The number of fused-ring (bicyclic) bond motifs is 1. The van der Waals surface area contributed by atoms with Gasteiger partial charge in [-0.25, -0.2) is 4.98 Å². The Morgan fingerprint density at radius 1 is 1.21 bits per heavy atom. The van der Waals surface area contributed by atoms with E-state index >= 15 is 0 Å². The predicted molar refractivity (Wildman–Crippen MR) is 129 cm³/mol. The van der Waals surface area contributed by atoms with Crippen molar-refractivity contribution in [3.8, 4) is 11.3 Å². The smallest absolute Gasteiger partial charge is 0.114 e. The molecule has 4 N–H and O–H groups in total. The van der Waals surface area contributed by atoms with Gasteiger partial charge in [0, 0.05) is 42.8 Å². The van der Waals surface area contributed by atoms with Crippen molar-refractivity contribution in [2.24, 2.45) is 5.73 Å². The number of likely N-dealkylation sites (N-methyl/N-ethyl adjacent to an activating group) is 1. The number of aromatic nitrogens is 5. The number of benzene rings is 1. The number of hydrogen-bond donors (Lipinski definition) is 3. The fraction of sp³-hybridized carbons (Fsp3) is 0.208. The summed E-state index contributed by atoms with van der Waals surface area (Å²) in [6.07, 6.45) is 5.07. The van der Waals surface area contributed by atoms with Gasteiger partial charge in [-0.05, 0) is 36.9 Å². The molecule has 0 aliphatic carbocycles. The lowest BCUT2D eigenvalue weighted by atomic mass is 9.98. The van der Waals surface area contributed by atoms with E-state index in [2.05, 4.69) is 20.6 Å². The van der Waals surface area contributed by atoms with Crippen molar-refractivity contribution in [2.45, 2.75) is 13.2 Å². The largest absolute Gasteiger partial charge is 0.404 e. The first-order chi connectivity index (χ1) is 16.1. The number of allylic oxidation sites excluding steroid dienone is 1. The highest BCUT2D eigenvalue weighted by Gasteiger charge is 2.14. The average molecular weight is 443 g/mol. The van der Waals surface area contributed by atoms with Crippen molar-refractivity contribution in [3.63, 3.8) is 0 Å². The minimum atomic E-state index is 0.291. The molecule has 9 heteroatoms. The van der Waals surface area contributed by atoms with E-state index in [-0.39, 0.29) is 0 Å². The van der Waals surface area contributed by atoms with Gasteiger partial charge in [0.1, 0.15) is 5.69 Å². The molecule has 0 unspecified atom stereocenters. The van der Waals surface area contributed by atoms with Crippen molar-refractivity contribution in [1.29, 1.82) is 5.41 Å². The third kappa shape index (κ3) is 4.94. The third-order valence-corrected chi connectivity index (χ3v) is 5.20. The monoisotopic (exact) mass is 442 g/mol. The summed E-state index contributed by atoms with van der Waals surface area (Å²) in [7, 11) is 3.54. The number of hydrogen-bond acceptors (Lipinski definition) is 8. The first-order valence-electron chi connectivity index (χ1n) is 10.5. The Morgan fingerprint density at radius 3 is 2.88 bits per heavy atom. The molecule has 1 aromatic carbocycles. The summed E-state index contributed by atoms with van der Waals surface area (Å²) >= 11 is 0.